The zero-order valence-corrected chi connectivity index (χ0v) is 19.5. The van der Waals surface area contributed by atoms with E-state index >= 15 is 0 Å². The SMILES string of the molecule is C=CC[C@@H](O[Si](C)(C)C(C)(C)C)[C@@H](CCCC)OCc1ccc(OC)cc1. The van der Waals surface area contributed by atoms with Gasteiger partial charge in [-0.2, -0.15) is 0 Å². The molecule has 0 unspecified atom stereocenters. The van der Waals surface area contributed by atoms with E-state index in [4.69, 9.17) is 13.9 Å². The van der Waals surface area contributed by atoms with Crippen LogP contribution in [0.25, 0.3) is 0 Å². The van der Waals surface area contributed by atoms with Gasteiger partial charge in [-0.05, 0) is 48.7 Å². The van der Waals surface area contributed by atoms with Crippen LogP contribution in [0.1, 0.15) is 58.9 Å². The van der Waals surface area contributed by atoms with E-state index in [9.17, 15) is 0 Å². The lowest BCUT2D eigenvalue weighted by molar-refractivity contribution is -0.0436. The van der Waals surface area contributed by atoms with Crippen molar-refractivity contribution in [1.82, 2.24) is 0 Å². The van der Waals surface area contributed by atoms with Crippen molar-refractivity contribution in [3.63, 3.8) is 0 Å². The third kappa shape index (κ3) is 7.80. The van der Waals surface area contributed by atoms with E-state index in [-0.39, 0.29) is 17.2 Å². The van der Waals surface area contributed by atoms with E-state index in [1.54, 1.807) is 7.11 Å². The number of methoxy groups -OCH3 is 1. The van der Waals surface area contributed by atoms with E-state index in [0.717, 1.165) is 37.0 Å². The molecule has 0 saturated heterocycles. The van der Waals surface area contributed by atoms with Gasteiger partial charge in [-0.1, -0.05) is 58.7 Å². The number of rotatable bonds is 12. The fraction of sp³-hybridized carbons (Fsp3) is 0.652. The van der Waals surface area contributed by atoms with Crippen molar-refractivity contribution in [2.24, 2.45) is 0 Å². The summed E-state index contributed by atoms with van der Waals surface area (Å²) in [5.41, 5.74) is 1.15. The van der Waals surface area contributed by atoms with Gasteiger partial charge in [0.2, 0.25) is 0 Å². The minimum atomic E-state index is -1.87. The molecule has 0 saturated carbocycles. The van der Waals surface area contributed by atoms with Crippen molar-refractivity contribution in [2.45, 2.75) is 90.3 Å². The fourth-order valence-corrected chi connectivity index (χ4v) is 4.06. The van der Waals surface area contributed by atoms with Crippen LogP contribution in [0.15, 0.2) is 36.9 Å². The zero-order valence-electron chi connectivity index (χ0n) is 18.5. The first-order chi connectivity index (χ1) is 12.6. The Morgan fingerprint density at radius 1 is 1.11 bits per heavy atom. The molecule has 4 heteroatoms. The smallest absolute Gasteiger partial charge is 0.192 e. The molecule has 0 N–H and O–H groups in total. The van der Waals surface area contributed by atoms with Crippen LogP contribution in [0, 0.1) is 0 Å². The van der Waals surface area contributed by atoms with Gasteiger partial charge < -0.3 is 13.9 Å². The second-order valence-corrected chi connectivity index (χ2v) is 13.5. The maximum atomic E-state index is 6.75. The molecule has 0 fully saturated rings. The lowest BCUT2D eigenvalue weighted by Crippen LogP contribution is -2.47. The molecule has 0 heterocycles. The molecule has 0 radical (unpaired) electrons. The quantitative estimate of drug-likeness (QED) is 0.291. The Hall–Kier alpha value is -1.10. The number of benzene rings is 1. The van der Waals surface area contributed by atoms with Crippen molar-refractivity contribution in [1.29, 1.82) is 0 Å². The molecule has 0 aliphatic carbocycles. The van der Waals surface area contributed by atoms with Gasteiger partial charge in [-0.15, -0.1) is 6.58 Å². The molecule has 0 amide bonds. The molecule has 1 aromatic rings. The third-order valence-corrected chi connectivity index (χ3v) is 10.0. The van der Waals surface area contributed by atoms with Gasteiger partial charge in [0.05, 0.1) is 25.9 Å². The Bertz CT molecular complexity index is 546. The molecular formula is C23H40O3Si. The number of unbranched alkanes of at least 4 members (excludes halogenated alkanes) is 1. The summed E-state index contributed by atoms with van der Waals surface area (Å²) < 4.78 is 18.4. The zero-order chi connectivity index (χ0) is 20.5. The third-order valence-electron chi connectivity index (χ3n) is 5.53. The summed E-state index contributed by atoms with van der Waals surface area (Å²) in [4.78, 5) is 0. The predicted octanol–water partition coefficient (Wildman–Crippen LogP) is 6.74. The summed E-state index contributed by atoms with van der Waals surface area (Å²) >= 11 is 0. The van der Waals surface area contributed by atoms with Gasteiger partial charge in [-0.25, -0.2) is 0 Å². The first kappa shape index (κ1) is 23.9. The second kappa shape index (κ2) is 11.0. The van der Waals surface area contributed by atoms with Crippen LogP contribution in [0.5, 0.6) is 5.75 Å². The van der Waals surface area contributed by atoms with Gasteiger partial charge in [0.1, 0.15) is 5.75 Å². The van der Waals surface area contributed by atoms with Crippen molar-refractivity contribution in [2.75, 3.05) is 7.11 Å². The summed E-state index contributed by atoms with van der Waals surface area (Å²) in [7, 11) is -0.187. The molecule has 27 heavy (non-hydrogen) atoms. The van der Waals surface area contributed by atoms with Crippen LogP contribution in [0.4, 0.5) is 0 Å². The van der Waals surface area contributed by atoms with E-state index < -0.39 is 8.32 Å². The lowest BCUT2D eigenvalue weighted by atomic mass is 10.0. The minimum Gasteiger partial charge on any atom is -0.497 e. The standard InChI is InChI=1S/C23H40O3Si/c1-9-11-13-21(25-18-19-14-16-20(24-6)17-15-19)22(12-10-2)26-27(7,8)23(3,4)5/h10,14-17,21-22H,2,9,11-13,18H2,1,3-8H3/t21-,22-/m1/s1. The molecule has 1 rings (SSSR count). The predicted molar refractivity (Wildman–Crippen MR) is 118 cm³/mol. The number of ether oxygens (including phenoxy) is 2. The van der Waals surface area contributed by atoms with Gasteiger partial charge in [-0.3, -0.25) is 0 Å². The van der Waals surface area contributed by atoms with Crippen LogP contribution < -0.4 is 4.74 Å². The van der Waals surface area contributed by atoms with Gasteiger partial charge in [0.15, 0.2) is 8.32 Å². The Kier molecular flexibility index (Phi) is 9.78. The lowest BCUT2D eigenvalue weighted by Gasteiger charge is -2.41. The second-order valence-electron chi connectivity index (χ2n) is 8.78. The van der Waals surface area contributed by atoms with Crippen molar-refractivity contribution >= 4 is 8.32 Å². The Morgan fingerprint density at radius 2 is 1.74 bits per heavy atom. The average Bonchev–Trinajstić information content (AvgIpc) is 2.61. The monoisotopic (exact) mass is 392 g/mol. The highest BCUT2D eigenvalue weighted by Crippen LogP contribution is 2.38. The van der Waals surface area contributed by atoms with Crippen molar-refractivity contribution in [3.05, 3.63) is 42.5 Å². The molecular weight excluding hydrogens is 352 g/mol. The topological polar surface area (TPSA) is 27.7 Å². The summed E-state index contributed by atoms with van der Waals surface area (Å²) in [6, 6.07) is 8.08. The normalized spacial score (nSPS) is 14.6. The van der Waals surface area contributed by atoms with Crippen LogP contribution in [0.3, 0.4) is 0 Å². The van der Waals surface area contributed by atoms with E-state index in [2.05, 4.69) is 59.5 Å². The van der Waals surface area contributed by atoms with Gasteiger partial charge in [0, 0.05) is 0 Å². The van der Waals surface area contributed by atoms with Crippen LogP contribution in [-0.4, -0.2) is 27.6 Å². The summed E-state index contributed by atoms with van der Waals surface area (Å²) in [5, 5.41) is 0.178. The van der Waals surface area contributed by atoms with E-state index in [0.29, 0.717) is 6.61 Å². The average molecular weight is 393 g/mol. The number of hydrogen-bond donors (Lipinski definition) is 0. The van der Waals surface area contributed by atoms with Crippen molar-refractivity contribution < 1.29 is 13.9 Å². The number of hydrogen-bond acceptors (Lipinski definition) is 3. The van der Waals surface area contributed by atoms with Gasteiger partial charge >= 0.3 is 0 Å². The Balaban J connectivity index is 2.88. The van der Waals surface area contributed by atoms with Gasteiger partial charge in [0.25, 0.3) is 0 Å². The Labute approximate surface area is 168 Å². The highest BCUT2D eigenvalue weighted by Gasteiger charge is 2.40. The molecule has 0 aliphatic heterocycles. The highest BCUT2D eigenvalue weighted by atomic mass is 28.4. The first-order valence-electron chi connectivity index (χ1n) is 10.2. The van der Waals surface area contributed by atoms with Crippen LogP contribution in [-0.2, 0) is 15.8 Å². The molecule has 0 aliphatic rings. The largest absolute Gasteiger partial charge is 0.497 e. The maximum Gasteiger partial charge on any atom is 0.192 e. The molecule has 1 aromatic carbocycles. The maximum absolute atomic E-state index is 6.75. The Morgan fingerprint density at radius 3 is 2.22 bits per heavy atom. The first-order valence-corrected chi connectivity index (χ1v) is 13.1. The van der Waals surface area contributed by atoms with E-state index in [1.165, 1.54) is 0 Å². The van der Waals surface area contributed by atoms with Crippen molar-refractivity contribution in [3.8, 4) is 5.75 Å². The molecule has 3 nitrogen and oxygen atoms in total. The van der Waals surface area contributed by atoms with Crippen LogP contribution >= 0.6 is 0 Å². The minimum absolute atomic E-state index is 0.0631. The fourth-order valence-electron chi connectivity index (χ4n) is 2.70. The molecule has 154 valence electrons. The summed E-state index contributed by atoms with van der Waals surface area (Å²) in [6.07, 6.45) is 6.24. The highest BCUT2D eigenvalue weighted by molar-refractivity contribution is 6.74. The summed E-state index contributed by atoms with van der Waals surface area (Å²) in [5.74, 6) is 0.868. The molecule has 0 bridgehead atoms. The molecule has 2 atom stereocenters. The van der Waals surface area contributed by atoms with E-state index in [1.807, 2.05) is 18.2 Å². The summed E-state index contributed by atoms with van der Waals surface area (Å²) in [6.45, 7) is 18.2. The molecule has 0 spiro atoms. The molecule has 0 aromatic heterocycles. The van der Waals surface area contributed by atoms with Crippen LogP contribution in [0.2, 0.25) is 18.1 Å².